The van der Waals surface area contributed by atoms with Crippen molar-refractivity contribution in [3.63, 3.8) is 0 Å². The molecule has 0 atom stereocenters. The standard InChI is InChI=1S/C31H30FN5O/c1-20-6-7-21(19-35-20)8-9-22-16-25(32)18-27(17-22)38-26-12-10-23(11-13-26)28-29-30(33)34-14-15-37(29)31(36-28)24-4-2-3-5-24/h6-7,10-19,24H,2-5,8-9H2,1H3,(H2,33,34). The van der Waals surface area contributed by atoms with E-state index in [9.17, 15) is 4.39 Å². The van der Waals surface area contributed by atoms with Gasteiger partial charge in [-0.05, 0) is 86.2 Å². The Balaban J connectivity index is 1.22. The number of pyridine rings is 1. The molecule has 0 aliphatic heterocycles. The summed E-state index contributed by atoms with van der Waals surface area (Å²) in [6, 6.07) is 16.6. The predicted molar refractivity (Wildman–Crippen MR) is 147 cm³/mol. The summed E-state index contributed by atoms with van der Waals surface area (Å²) >= 11 is 0. The Labute approximate surface area is 221 Å². The number of aromatic nitrogens is 4. The van der Waals surface area contributed by atoms with E-state index in [1.54, 1.807) is 12.3 Å². The van der Waals surface area contributed by atoms with Crippen molar-refractivity contribution >= 4 is 11.3 Å². The van der Waals surface area contributed by atoms with Crippen LogP contribution in [0.3, 0.4) is 0 Å². The molecule has 0 saturated heterocycles. The molecule has 38 heavy (non-hydrogen) atoms. The number of aryl methyl sites for hydroxylation is 3. The van der Waals surface area contributed by atoms with Gasteiger partial charge in [0.2, 0.25) is 0 Å². The summed E-state index contributed by atoms with van der Waals surface area (Å²) in [7, 11) is 0. The maximum absolute atomic E-state index is 14.4. The number of hydrogen-bond donors (Lipinski definition) is 1. The number of nitrogen functional groups attached to an aromatic ring is 1. The highest BCUT2D eigenvalue weighted by molar-refractivity contribution is 5.85. The number of nitrogens with two attached hydrogens (primary N) is 1. The fraction of sp³-hybridized carbons (Fsp3) is 0.258. The minimum absolute atomic E-state index is 0.317. The van der Waals surface area contributed by atoms with Crippen LogP contribution in [0.25, 0.3) is 16.8 Å². The van der Waals surface area contributed by atoms with E-state index in [2.05, 4.69) is 20.4 Å². The molecule has 3 heterocycles. The van der Waals surface area contributed by atoms with Gasteiger partial charge in [-0.25, -0.2) is 14.4 Å². The smallest absolute Gasteiger partial charge is 0.150 e. The zero-order valence-electron chi connectivity index (χ0n) is 21.4. The zero-order chi connectivity index (χ0) is 26.1. The van der Waals surface area contributed by atoms with Gasteiger partial charge in [-0.15, -0.1) is 0 Å². The Bertz CT molecular complexity index is 1570. The lowest BCUT2D eigenvalue weighted by molar-refractivity contribution is 0.475. The number of rotatable bonds is 7. The lowest BCUT2D eigenvalue weighted by Crippen LogP contribution is -2.01. The van der Waals surface area contributed by atoms with Crippen LogP contribution in [0, 0.1) is 12.7 Å². The lowest BCUT2D eigenvalue weighted by atomic mass is 10.1. The van der Waals surface area contributed by atoms with Gasteiger partial charge in [0.05, 0.1) is 0 Å². The van der Waals surface area contributed by atoms with Crippen LogP contribution in [0.15, 0.2) is 73.2 Å². The second-order valence-corrected chi connectivity index (χ2v) is 10.1. The summed E-state index contributed by atoms with van der Waals surface area (Å²) in [5.41, 5.74) is 11.9. The lowest BCUT2D eigenvalue weighted by Gasteiger charge is -2.09. The number of fused-ring (bicyclic) bond motifs is 1. The molecule has 3 aromatic heterocycles. The average Bonchev–Trinajstić information content (AvgIpc) is 3.58. The maximum atomic E-state index is 14.4. The van der Waals surface area contributed by atoms with E-state index in [1.165, 1.54) is 18.9 Å². The first-order valence-electron chi connectivity index (χ1n) is 13.2. The van der Waals surface area contributed by atoms with E-state index < -0.39 is 0 Å². The normalized spacial score (nSPS) is 13.8. The molecule has 192 valence electrons. The molecule has 1 aliphatic rings. The van der Waals surface area contributed by atoms with Gasteiger partial charge >= 0.3 is 0 Å². The minimum atomic E-state index is -0.317. The fourth-order valence-corrected chi connectivity index (χ4v) is 5.34. The summed E-state index contributed by atoms with van der Waals surface area (Å²) in [5, 5.41) is 0. The molecule has 0 radical (unpaired) electrons. The number of nitrogens with zero attached hydrogens (tertiary/aromatic N) is 4. The highest BCUT2D eigenvalue weighted by Crippen LogP contribution is 2.38. The van der Waals surface area contributed by atoms with E-state index in [0.717, 1.165) is 58.7 Å². The van der Waals surface area contributed by atoms with Crippen LogP contribution < -0.4 is 10.5 Å². The molecule has 6 nitrogen and oxygen atoms in total. The van der Waals surface area contributed by atoms with E-state index in [0.29, 0.717) is 29.7 Å². The van der Waals surface area contributed by atoms with E-state index in [4.69, 9.17) is 15.5 Å². The quantitative estimate of drug-likeness (QED) is 0.255. The first kappa shape index (κ1) is 24.1. The molecule has 2 N–H and O–H groups in total. The largest absolute Gasteiger partial charge is 0.457 e. The summed E-state index contributed by atoms with van der Waals surface area (Å²) in [5.74, 6) is 2.73. The topological polar surface area (TPSA) is 78.3 Å². The van der Waals surface area contributed by atoms with Crippen molar-refractivity contribution < 1.29 is 9.13 Å². The molecule has 6 rings (SSSR count). The molecular formula is C31H30FN5O. The molecule has 7 heteroatoms. The van der Waals surface area contributed by atoms with Gasteiger partial charge in [0.1, 0.15) is 40.2 Å². The van der Waals surface area contributed by atoms with Gasteiger partial charge in [0.15, 0.2) is 0 Å². The first-order valence-corrected chi connectivity index (χ1v) is 13.2. The van der Waals surface area contributed by atoms with Crippen molar-refractivity contribution in [2.45, 2.75) is 51.4 Å². The van der Waals surface area contributed by atoms with Gasteiger partial charge in [-0.1, -0.05) is 18.9 Å². The zero-order valence-corrected chi connectivity index (χ0v) is 21.4. The van der Waals surface area contributed by atoms with E-state index in [-0.39, 0.29) is 5.82 Å². The third-order valence-corrected chi connectivity index (χ3v) is 7.30. The number of anilines is 1. The molecule has 2 aromatic carbocycles. The van der Waals surface area contributed by atoms with Crippen molar-refractivity contribution in [3.05, 3.63) is 102 Å². The molecule has 0 spiro atoms. The molecule has 1 saturated carbocycles. The number of ether oxygens (including phenoxy) is 1. The van der Waals surface area contributed by atoms with Crippen LogP contribution in [0.1, 0.15) is 54.2 Å². The Hall–Kier alpha value is -4.26. The van der Waals surface area contributed by atoms with Crippen molar-refractivity contribution in [2.75, 3.05) is 5.73 Å². The Morgan fingerprint density at radius 1 is 0.947 bits per heavy atom. The summed E-state index contributed by atoms with van der Waals surface area (Å²) in [4.78, 5) is 13.7. The van der Waals surface area contributed by atoms with Gasteiger partial charge in [0, 0.05) is 41.8 Å². The molecule has 0 amide bonds. The van der Waals surface area contributed by atoms with Gasteiger partial charge in [-0.3, -0.25) is 9.38 Å². The second kappa shape index (κ2) is 10.2. The number of imidazole rings is 1. The molecule has 1 fully saturated rings. The molecule has 0 unspecified atom stereocenters. The van der Waals surface area contributed by atoms with Crippen molar-refractivity contribution in [1.29, 1.82) is 0 Å². The number of benzene rings is 2. The monoisotopic (exact) mass is 507 g/mol. The average molecular weight is 508 g/mol. The van der Waals surface area contributed by atoms with Crippen molar-refractivity contribution in [3.8, 4) is 22.8 Å². The second-order valence-electron chi connectivity index (χ2n) is 10.1. The highest BCUT2D eigenvalue weighted by atomic mass is 19.1. The molecule has 5 aromatic rings. The van der Waals surface area contributed by atoms with Gasteiger partial charge in [-0.2, -0.15) is 0 Å². The third-order valence-electron chi connectivity index (χ3n) is 7.30. The Morgan fingerprint density at radius 2 is 1.74 bits per heavy atom. The third kappa shape index (κ3) is 4.96. The highest BCUT2D eigenvalue weighted by Gasteiger charge is 2.25. The SMILES string of the molecule is Cc1ccc(CCc2cc(F)cc(Oc3ccc(-c4nc(C5CCCC5)n5ccnc(N)c45)cc3)c2)cn1. The van der Waals surface area contributed by atoms with Crippen LogP contribution in [-0.2, 0) is 12.8 Å². The van der Waals surface area contributed by atoms with Crippen LogP contribution in [0.4, 0.5) is 10.2 Å². The summed E-state index contributed by atoms with van der Waals surface area (Å²) in [6.07, 6.45) is 11.8. The molecular weight excluding hydrogens is 477 g/mol. The fourth-order valence-electron chi connectivity index (χ4n) is 5.34. The van der Waals surface area contributed by atoms with Crippen LogP contribution in [0.2, 0.25) is 0 Å². The van der Waals surface area contributed by atoms with E-state index in [1.807, 2.05) is 55.7 Å². The Morgan fingerprint density at radius 3 is 2.50 bits per heavy atom. The predicted octanol–water partition coefficient (Wildman–Crippen LogP) is 7.06. The van der Waals surface area contributed by atoms with Gasteiger partial charge < -0.3 is 10.5 Å². The number of halogens is 1. The van der Waals surface area contributed by atoms with Crippen molar-refractivity contribution in [1.82, 2.24) is 19.4 Å². The number of hydrogen-bond acceptors (Lipinski definition) is 5. The van der Waals surface area contributed by atoms with Crippen molar-refractivity contribution in [2.24, 2.45) is 0 Å². The minimum Gasteiger partial charge on any atom is -0.457 e. The van der Waals surface area contributed by atoms with Crippen LogP contribution >= 0.6 is 0 Å². The molecule has 0 bridgehead atoms. The first-order chi connectivity index (χ1) is 18.5. The van der Waals surface area contributed by atoms with Crippen LogP contribution in [-0.4, -0.2) is 19.4 Å². The Kier molecular flexibility index (Phi) is 6.50. The van der Waals surface area contributed by atoms with Crippen LogP contribution in [0.5, 0.6) is 11.5 Å². The maximum Gasteiger partial charge on any atom is 0.150 e. The molecule has 1 aliphatic carbocycles. The summed E-state index contributed by atoms with van der Waals surface area (Å²) < 4.78 is 22.5. The van der Waals surface area contributed by atoms with Gasteiger partial charge in [0.25, 0.3) is 0 Å². The van der Waals surface area contributed by atoms with E-state index >= 15 is 0 Å². The summed E-state index contributed by atoms with van der Waals surface area (Å²) in [6.45, 7) is 1.96.